The van der Waals surface area contributed by atoms with Gasteiger partial charge >= 0.3 is 0 Å². The van der Waals surface area contributed by atoms with Crippen LogP contribution >= 0.6 is 0 Å². The van der Waals surface area contributed by atoms with Crippen molar-refractivity contribution in [3.63, 3.8) is 0 Å². The van der Waals surface area contributed by atoms with E-state index in [9.17, 15) is 9.59 Å². The van der Waals surface area contributed by atoms with E-state index in [0.717, 1.165) is 16.8 Å². The number of pyridine rings is 2. The van der Waals surface area contributed by atoms with E-state index in [1.54, 1.807) is 19.3 Å². The van der Waals surface area contributed by atoms with Gasteiger partial charge in [-0.3, -0.25) is 14.6 Å². The molecule has 2 N–H and O–H groups in total. The average Bonchev–Trinajstić information content (AvgIpc) is 2.37. The monoisotopic (exact) mass is 257 g/mol. The predicted octanol–water partition coefficient (Wildman–Crippen LogP) is 1.32. The molecule has 0 atom stereocenters. The van der Waals surface area contributed by atoms with Gasteiger partial charge in [-0.25, -0.2) is 0 Å². The molecule has 0 radical (unpaired) electrons. The molecule has 5 nitrogen and oxygen atoms in total. The fourth-order valence-corrected chi connectivity index (χ4v) is 1.70. The summed E-state index contributed by atoms with van der Waals surface area (Å²) in [7, 11) is 0. The predicted molar refractivity (Wildman–Crippen MR) is 71.9 cm³/mol. The molecule has 2 aromatic rings. The lowest BCUT2D eigenvalue weighted by molar-refractivity contribution is 0.0949. The van der Waals surface area contributed by atoms with Crippen LogP contribution in [0.15, 0.2) is 35.5 Å². The van der Waals surface area contributed by atoms with Gasteiger partial charge in [0, 0.05) is 36.9 Å². The van der Waals surface area contributed by atoms with Gasteiger partial charge in [-0.1, -0.05) is 0 Å². The number of nitrogens with one attached hydrogen (secondary N) is 2. The fourth-order valence-electron chi connectivity index (χ4n) is 1.70. The van der Waals surface area contributed by atoms with Gasteiger partial charge in [-0.15, -0.1) is 0 Å². The van der Waals surface area contributed by atoms with Crippen molar-refractivity contribution in [2.45, 2.75) is 20.4 Å². The fraction of sp³-hybridized carbons (Fsp3) is 0.214. The molecule has 0 aromatic carbocycles. The summed E-state index contributed by atoms with van der Waals surface area (Å²) >= 11 is 0. The molecule has 0 bridgehead atoms. The number of aromatic amines is 1. The van der Waals surface area contributed by atoms with Crippen molar-refractivity contribution in [3.8, 4) is 0 Å². The molecular formula is C14H15N3O2. The van der Waals surface area contributed by atoms with Gasteiger partial charge in [0.1, 0.15) is 5.56 Å². The maximum atomic E-state index is 11.9. The number of aromatic nitrogens is 2. The van der Waals surface area contributed by atoms with Crippen molar-refractivity contribution in [1.82, 2.24) is 15.3 Å². The summed E-state index contributed by atoms with van der Waals surface area (Å²) in [6.45, 7) is 4.07. The molecule has 19 heavy (non-hydrogen) atoms. The third kappa shape index (κ3) is 3.07. The molecule has 0 saturated carbocycles. The van der Waals surface area contributed by atoms with Crippen LogP contribution in [0.4, 0.5) is 0 Å². The second-order valence-electron chi connectivity index (χ2n) is 4.38. The number of hydrogen-bond acceptors (Lipinski definition) is 3. The van der Waals surface area contributed by atoms with E-state index < -0.39 is 0 Å². The number of aryl methyl sites for hydroxylation is 2. The SMILES string of the molecule is Cc1cc(=O)c(C(=O)NCc2cnccc2C)c[nH]1. The Kier molecular flexibility index (Phi) is 3.75. The third-order valence-electron chi connectivity index (χ3n) is 2.89. The standard InChI is InChI=1S/C14H15N3O2/c1-9-3-4-15-6-11(9)7-17-14(19)12-8-16-10(2)5-13(12)18/h3-6,8H,7H2,1-2H3,(H,16,18)(H,17,19). The second-order valence-corrected chi connectivity index (χ2v) is 4.38. The van der Waals surface area contributed by atoms with Gasteiger partial charge in [0.15, 0.2) is 5.43 Å². The summed E-state index contributed by atoms with van der Waals surface area (Å²) in [4.78, 5) is 30.4. The Balaban J connectivity index is 2.10. The normalized spacial score (nSPS) is 10.2. The van der Waals surface area contributed by atoms with Crippen molar-refractivity contribution in [2.75, 3.05) is 0 Å². The summed E-state index contributed by atoms with van der Waals surface area (Å²) in [5.41, 5.74) is 2.54. The van der Waals surface area contributed by atoms with Crippen LogP contribution in [0.3, 0.4) is 0 Å². The maximum absolute atomic E-state index is 11.9. The zero-order valence-electron chi connectivity index (χ0n) is 10.9. The van der Waals surface area contributed by atoms with E-state index in [-0.39, 0.29) is 16.9 Å². The summed E-state index contributed by atoms with van der Waals surface area (Å²) in [6, 6.07) is 3.28. The molecular weight excluding hydrogens is 242 g/mol. The second kappa shape index (κ2) is 5.48. The minimum absolute atomic E-state index is 0.118. The van der Waals surface area contributed by atoms with Crippen molar-refractivity contribution in [2.24, 2.45) is 0 Å². The first kappa shape index (κ1) is 13.0. The first-order valence-electron chi connectivity index (χ1n) is 5.95. The highest BCUT2D eigenvalue weighted by molar-refractivity contribution is 5.93. The number of H-pyrrole nitrogens is 1. The third-order valence-corrected chi connectivity index (χ3v) is 2.89. The minimum atomic E-state index is -0.385. The molecule has 1 amide bonds. The van der Waals surface area contributed by atoms with Gasteiger partial charge in [-0.05, 0) is 31.0 Å². The number of carbonyl (C=O) groups excluding carboxylic acids is 1. The molecule has 0 spiro atoms. The van der Waals surface area contributed by atoms with Crippen LogP contribution in [0.5, 0.6) is 0 Å². The van der Waals surface area contributed by atoms with Gasteiger partial charge < -0.3 is 10.3 Å². The van der Waals surface area contributed by atoms with Gasteiger partial charge in [0.2, 0.25) is 0 Å². The van der Waals surface area contributed by atoms with Crippen LogP contribution in [-0.2, 0) is 6.54 Å². The average molecular weight is 257 g/mol. The van der Waals surface area contributed by atoms with E-state index in [1.165, 1.54) is 12.3 Å². The maximum Gasteiger partial charge on any atom is 0.257 e. The molecule has 2 aromatic heterocycles. The van der Waals surface area contributed by atoms with E-state index in [2.05, 4.69) is 15.3 Å². The lowest BCUT2D eigenvalue weighted by Crippen LogP contribution is -2.28. The largest absolute Gasteiger partial charge is 0.364 e. The Morgan fingerprint density at radius 3 is 2.89 bits per heavy atom. The molecule has 2 heterocycles. The Morgan fingerprint density at radius 2 is 2.21 bits per heavy atom. The quantitative estimate of drug-likeness (QED) is 0.870. The van der Waals surface area contributed by atoms with Gasteiger partial charge in [-0.2, -0.15) is 0 Å². The van der Waals surface area contributed by atoms with Crippen molar-refractivity contribution in [1.29, 1.82) is 0 Å². The molecule has 0 unspecified atom stereocenters. The van der Waals surface area contributed by atoms with Crippen LogP contribution in [0, 0.1) is 13.8 Å². The van der Waals surface area contributed by atoms with Crippen LogP contribution in [-0.4, -0.2) is 15.9 Å². The number of amides is 1. The summed E-state index contributed by atoms with van der Waals surface area (Å²) in [5.74, 6) is -0.385. The van der Waals surface area contributed by atoms with Crippen LogP contribution in [0.1, 0.15) is 27.2 Å². The smallest absolute Gasteiger partial charge is 0.257 e. The van der Waals surface area contributed by atoms with Crippen LogP contribution < -0.4 is 10.7 Å². The topological polar surface area (TPSA) is 74.8 Å². The number of nitrogens with zero attached hydrogens (tertiary/aromatic N) is 1. The Morgan fingerprint density at radius 1 is 1.42 bits per heavy atom. The van der Waals surface area contributed by atoms with Gasteiger partial charge in [0.25, 0.3) is 5.91 Å². The molecule has 0 aliphatic rings. The Hall–Kier alpha value is -2.43. The van der Waals surface area contributed by atoms with E-state index in [4.69, 9.17) is 0 Å². The summed E-state index contributed by atoms with van der Waals surface area (Å²) < 4.78 is 0. The lowest BCUT2D eigenvalue weighted by Gasteiger charge is -2.07. The molecule has 5 heteroatoms. The first-order chi connectivity index (χ1) is 9.08. The van der Waals surface area contributed by atoms with Crippen molar-refractivity contribution < 1.29 is 4.79 Å². The molecule has 0 saturated heterocycles. The van der Waals surface area contributed by atoms with E-state index >= 15 is 0 Å². The molecule has 98 valence electrons. The molecule has 0 aliphatic carbocycles. The Labute approximate surface area is 110 Å². The molecule has 2 rings (SSSR count). The van der Waals surface area contributed by atoms with E-state index in [0.29, 0.717) is 6.54 Å². The van der Waals surface area contributed by atoms with Crippen LogP contribution in [0.25, 0.3) is 0 Å². The number of hydrogen-bond donors (Lipinski definition) is 2. The zero-order valence-corrected chi connectivity index (χ0v) is 10.9. The highest BCUT2D eigenvalue weighted by Gasteiger charge is 2.10. The van der Waals surface area contributed by atoms with Gasteiger partial charge in [0.05, 0.1) is 0 Å². The first-order valence-corrected chi connectivity index (χ1v) is 5.95. The van der Waals surface area contributed by atoms with Crippen molar-refractivity contribution in [3.05, 3.63) is 63.3 Å². The lowest BCUT2D eigenvalue weighted by atomic mass is 10.1. The van der Waals surface area contributed by atoms with E-state index in [1.807, 2.05) is 13.0 Å². The number of carbonyl (C=O) groups is 1. The molecule has 0 fully saturated rings. The summed E-state index contributed by atoms with van der Waals surface area (Å²) in [6.07, 6.45) is 4.84. The highest BCUT2D eigenvalue weighted by atomic mass is 16.2. The Bertz CT molecular complexity index is 662. The highest BCUT2D eigenvalue weighted by Crippen LogP contribution is 2.04. The zero-order chi connectivity index (χ0) is 13.8. The van der Waals surface area contributed by atoms with Crippen molar-refractivity contribution >= 4 is 5.91 Å². The summed E-state index contributed by atoms with van der Waals surface area (Å²) in [5, 5.41) is 2.72. The van der Waals surface area contributed by atoms with Crippen LogP contribution in [0.2, 0.25) is 0 Å². The molecule has 0 aliphatic heterocycles. The number of rotatable bonds is 3. The minimum Gasteiger partial charge on any atom is -0.364 e.